The molecule has 10 nitrogen and oxygen atoms in total. The van der Waals surface area contributed by atoms with Gasteiger partial charge in [0.1, 0.15) is 17.8 Å². The summed E-state index contributed by atoms with van der Waals surface area (Å²) in [5.41, 5.74) is 7.06. The van der Waals surface area contributed by atoms with Gasteiger partial charge in [-0.2, -0.15) is 12.6 Å². The van der Waals surface area contributed by atoms with Gasteiger partial charge in [0.25, 0.3) is 0 Å². The number of nitrogens with one attached hydrogen (secondary N) is 3. The third-order valence-corrected chi connectivity index (χ3v) is 5.28. The molecule has 11 heteroatoms. The molecule has 3 unspecified atom stereocenters. The van der Waals surface area contributed by atoms with Crippen molar-refractivity contribution in [1.82, 2.24) is 16.0 Å². The summed E-state index contributed by atoms with van der Waals surface area (Å²) in [6, 6.07) is 11.8. The molecule has 3 amide bonds. The van der Waals surface area contributed by atoms with Crippen molar-refractivity contribution >= 4 is 36.3 Å². The number of phenolic OH excluding ortho intramolecular Hbond substituents is 1. The summed E-state index contributed by atoms with van der Waals surface area (Å²) in [4.78, 5) is 48.8. The number of carboxylic acids is 1. The van der Waals surface area contributed by atoms with E-state index >= 15 is 0 Å². The van der Waals surface area contributed by atoms with Crippen molar-refractivity contribution < 1.29 is 29.4 Å². The molecule has 0 spiro atoms. The molecule has 2 rings (SSSR count). The van der Waals surface area contributed by atoms with Crippen LogP contribution in [0, 0.1) is 0 Å². The van der Waals surface area contributed by atoms with Gasteiger partial charge in [-0.3, -0.25) is 14.4 Å². The van der Waals surface area contributed by atoms with E-state index in [2.05, 4.69) is 28.6 Å². The van der Waals surface area contributed by atoms with Gasteiger partial charge in [0, 0.05) is 18.6 Å². The number of aromatic hydroxyl groups is 1. The van der Waals surface area contributed by atoms with E-state index in [0.717, 1.165) is 5.56 Å². The van der Waals surface area contributed by atoms with Crippen LogP contribution in [-0.4, -0.2) is 64.3 Å². The van der Waals surface area contributed by atoms with E-state index < -0.39 is 48.4 Å². The maximum Gasteiger partial charge on any atom is 0.326 e. The van der Waals surface area contributed by atoms with E-state index in [4.69, 9.17) is 5.73 Å². The lowest BCUT2D eigenvalue weighted by Crippen LogP contribution is -2.54. The first kappa shape index (κ1) is 26.7. The predicted molar refractivity (Wildman–Crippen MR) is 128 cm³/mol. The minimum atomic E-state index is -1.25. The van der Waals surface area contributed by atoms with Gasteiger partial charge in [-0.1, -0.05) is 42.5 Å². The van der Waals surface area contributed by atoms with Crippen LogP contribution >= 0.6 is 12.6 Å². The maximum atomic E-state index is 12.7. The van der Waals surface area contributed by atoms with Gasteiger partial charge in [-0.05, 0) is 23.3 Å². The first-order chi connectivity index (χ1) is 16.2. The molecule has 0 aromatic heterocycles. The Hall–Kier alpha value is -3.57. The number of nitrogens with two attached hydrogens (primary N) is 1. The van der Waals surface area contributed by atoms with Crippen LogP contribution in [0.5, 0.6) is 5.75 Å². The molecule has 2 aromatic carbocycles. The zero-order valence-electron chi connectivity index (χ0n) is 18.3. The molecule has 3 atom stereocenters. The van der Waals surface area contributed by atoms with Gasteiger partial charge in [-0.25, -0.2) is 4.79 Å². The quantitative estimate of drug-likeness (QED) is 0.199. The molecule has 0 aliphatic rings. The summed E-state index contributed by atoms with van der Waals surface area (Å²) in [5.74, 6) is -3.01. The van der Waals surface area contributed by atoms with Crippen LogP contribution in [-0.2, 0) is 32.0 Å². The van der Waals surface area contributed by atoms with Gasteiger partial charge in [0.15, 0.2) is 0 Å². The lowest BCUT2D eigenvalue weighted by molar-refractivity contribution is -0.141. The monoisotopic (exact) mass is 488 g/mol. The smallest absolute Gasteiger partial charge is 0.326 e. The van der Waals surface area contributed by atoms with Crippen LogP contribution in [0.3, 0.4) is 0 Å². The van der Waals surface area contributed by atoms with E-state index in [1.807, 2.05) is 6.07 Å². The number of rotatable bonds is 12. The van der Waals surface area contributed by atoms with Crippen molar-refractivity contribution in [3.8, 4) is 5.75 Å². The first-order valence-corrected chi connectivity index (χ1v) is 11.1. The fourth-order valence-corrected chi connectivity index (χ4v) is 3.19. The third kappa shape index (κ3) is 8.75. The van der Waals surface area contributed by atoms with Crippen LogP contribution in [0.25, 0.3) is 0 Å². The average molecular weight is 489 g/mol. The summed E-state index contributed by atoms with van der Waals surface area (Å²) in [6.07, 6.45) is 0.154. The summed E-state index contributed by atoms with van der Waals surface area (Å²) < 4.78 is 0. The normalized spacial score (nSPS) is 13.2. The van der Waals surface area contributed by atoms with Crippen LogP contribution in [0.2, 0.25) is 0 Å². The molecule has 182 valence electrons. The van der Waals surface area contributed by atoms with Crippen molar-refractivity contribution in [2.75, 3.05) is 12.3 Å². The van der Waals surface area contributed by atoms with Crippen LogP contribution in [0.4, 0.5) is 0 Å². The van der Waals surface area contributed by atoms with Crippen molar-refractivity contribution in [1.29, 1.82) is 0 Å². The number of amides is 3. The number of carboxylic acid groups (broad SMARTS) is 1. The SMILES string of the molecule is NC(CS)C(=O)NC(Cc1ccccc1)C(=O)NCC(=O)NC(Cc1ccc(O)cc1)C(=O)O. The second kappa shape index (κ2) is 13.2. The Morgan fingerprint density at radius 2 is 1.44 bits per heavy atom. The van der Waals surface area contributed by atoms with Crippen LogP contribution < -0.4 is 21.7 Å². The Bertz CT molecular complexity index is 987. The molecule has 7 N–H and O–H groups in total. The van der Waals surface area contributed by atoms with Crippen molar-refractivity contribution in [2.24, 2.45) is 5.73 Å². The maximum absolute atomic E-state index is 12.7. The van der Waals surface area contributed by atoms with E-state index in [9.17, 15) is 29.4 Å². The van der Waals surface area contributed by atoms with Crippen molar-refractivity contribution in [2.45, 2.75) is 31.0 Å². The topological polar surface area (TPSA) is 171 Å². The number of aliphatic carboxylic acids is 1. The number of phenols is 1. The highest BCUT2D eigenvalue weighted by Gasteiger charge is 2.25. The Labute approximate surface area is 202 Å². The largest absolute Gasteiger partial charge is 0.508 e. The van der Waals surface area contributed by atoms with E-state index in [-0.39, 0.29) is 24.3 Å². The number of thiol groups is 1. The van der Waals surface area contributed by atoms with Crippen molar-refractivity contribution in [3.63, 3.8) is 0 Å². The Morgan fingerprint density at radius 3 is 2.03 bits per heavy atom. The number of hydrogen-bond donors (Lipinski definition) is 7. The van der Waals surface area contributed by atoms with Gasteiger partial charge >= 0.3 is 5.97 Å². The lowest BCUT2D eigenvalue weighted by atomic mass is 10.0. The van der Waals surface area contributed by atoms with Gasteiger partial charge in [0.2, 0.25) is 17.7 Å². The molecular formula is C23H28N4O6S. The lowest BCUT2D eigenvalue weighted by Gasteiger charge is -2.21. The molecule has 0 aliphatic carbocycles. The molecule has 0 saturated heterocycles. The fraction of sp³-hybridized carbons (Fsp3) is 0.304. The molecule has 0 bridgehead atoms. The molecule has 34 heavy (non-hydrogen) atoms. The Morgan fingerprint density at radius 1 is 0.853 bits per heavy atom. The molecule has 0 aliphatic heterocycles. The molecule has 0 fully saturated rings. The highest BCUT2D eigenvalue weighted by molar-refractivity contribution is 7.80. The zero-order valence-corrected chi connectivity index (χ0v) is 19.2. The molecule has 0 saturated carbocycles. The minimum absolute atomic E-state index is 0.0103. The molecule has 2 aromatic rings. The first-order valence-electron chi connectivity index (χ1n) is 10.5. The second-order valence-electron chi connectivity index (χ2n) is 7.59. The average Bonchev–Trinajstić information content (AvgIpc) is 2.82. The summed E-state index contributed by atoms with van der Waals surface area (Å²) in [7, 11) is 0. The summed E-state index contributed by atoms with van der Waals surface area (Å²) in [5, 5.41) is 26.1. The van der Waals surface area contributed by atoms with Crippen LogP contribution in [0.15, 0.2) is 54.6 Å². The van der Waals surface area contributed by atoms with E-state index in [1.54, 1.807) is 36.4 Å². The molecule has 0 heterocycles. The molecular weight excluding hydrogens is 460 g/mol. The Kier molecular flexibility index (Phi) is 10.4. The highest BCUT2D eigenvalue weighted by atomic mass is 32.1. The van der Waals surface area contributed by atoms with Gasteiger partial charge in [-0.15, -0.1) is 0 Å². The fourth-order valence-electron chi connectivity index (χ4n) is 3.02. The standard InChI is InChI=1S/C23H28N4O6S/c24-17(13-34)21(30)27-18(10-14-4-2-1-3-5-14)22(31)25-12-20(29)26-19(23(32)33)11-15-6-8-16(28)9-7-15/h1-9,17-19,28,34H,10-13,24H2,(H,25,31)(H,26,29)(H,27,30)(H,32,33). The number of carbonyl (C=O) groups is 4. The van der Waals surface area contributed by atoms with Gasteiger partial charge < -0.3 is 31.9 Å². The summed E-state index contributed by atoms with van der Waals surface area (Å²) >= 11 is 3.99. The summed E-state index contributed by atoms with van der Waals surface area (Å²) in [6.45, 7) is -0.488. The van der Waals surface area contributed by atoms with Crippen molar-refractivity contribution in [3.05, 3.63) is 65.7 Å². The third-order valence-electron chi connectivity index (χ3n) is 4.88. The number of hydrogen-bond acceptors (Lipinski definition) is 7. The number of carbonyl (C=O) groups excluding carboxylic acids is 3. The van der Waals surface area contributed by atoms with E-state index in [0.29, 0.717) is 5.56 Å². The van der Waals surface area contributed by atoms with E-state index in [1.165, 1.54) is 12.1 Å². The van der Waals surface area contributed by atoms with Gasteiger partial charge in [0.05, 0.1) is 12.6 Å². The number of benzene rings is 2. The van der Waals surface area contributed by atoms with Crippen LogP contribution in [0.1, 0.15) is 11.1 Å². The minimum Gasteiger partial charge on any atom is -0.508 e. The Balaban J connectivity index is 1.98. The molecule has 0 radical (unpaired) electrons. The highest BCUT2D eigenvalue weighted by Crippen LogP contribution is 2.11. The zero-order chi connectivity index (χ0) is 25.1. The predicted octanol–water partition coefficient (Wildman–Crippen LogP) is -0.395. The second-order valence-corrected chi connectivity index (χ2v) is 7.95.